The first-order valence-corrected chi connectivity index (χ1v) is 18.3. The molecule has 242 valence electrons. The summed E-state index contributed by atoms with van der Waals surface area (Å²) in [7, 11) is 116. The van der Waals surface area contributed by atoms with Crippen molar-refractivity contribution in [2.75, 3.05) is 0 Å². The highest BCUT2D eigenvalue weighted by molar-refractivity contribution is 6.73. The number of benzene rings is 6. The lowest BCUT2D eigenvalue weighted by Gasteiger charge is -2.21. The lowest BCUT2D eigenvalue weighted by atomic mass is 9.59. The first kappa shape index (κ1) is 42.4. The van der Waals surface area contributed by atoms with E-state index in [0.29, 0.717) is 38.6 Å². The maximum Gasteiger partial charge on any atom is 0.238 e. The summed E-state index contributed by atoms with van der Waals surface area (Å²) < 4.78 is 7.88. The van der Waals surface area contributed by atoms with Crippen molar-refractivity contribution in [3.63, 3.8) is 0 Å². The van der Waals surface area contributed by atoms with Gasteiger partial charge in [-0.1, -0.05) is 61.9 Å². The normalized spacial score (nSPS) is 11.7. The van der Waals surface area contributed by atoms with Crippen LogP contribution in [0.3, 0.4) is 0 Å². The van der Waals surface area contributed by atoms with E-state index >= 15 is 0 Å². The number of furan rings is 1. The van der Waals surface area contributed by atoms with Gasteiger partial charge in [0.15, 0.2) is 11.6 Å². The van der Waals surface area contributed by atoms with Gasteiger partial charge in [0.2, 0.25) is 5.95 Å². The third kappa shape index (κ3) is 5.85. The van der Waals surface area contributed by atoms with Crippen LogP contribution < -0.4 is 98.3 Å². The molecular formula is C39H6B18N4O. The molecule has 62 heavy (non-hydrogen) atoms. The second-order valence-electron chi connectivity index (χ2n) is 14.8. The van der Waals surface area contributed by atoms with Crippen LogP contribution in [0.5, 0.6) is 0 Å². The topological polar surface area (TPSA) is 56.7 Å². The molecule has 36 radical (unpaired) electrons. The summed E-state index contributed by atoms with van der Waals surface area (Å²) in [6.07, 6.45) is 0. The summed E-state index contributed by atoms with van der Waals surface area (Å²) in [6, 6.07) is 10.6. The van der Waals surface area contributed by atoms with Crippen LogP contribution in [0.25, 0.3) is 83.6 Å². The Kier molecular flexibility index (Phi) is 10.2. The number of fused-ring (bicyclic) bond motifs is 6. The van der Waals surface area contributed by atoms with Crippen molar-refractivity contribution >= 4 is 283 Å². The van der Waals surface area contributed by atoms with E-state index < -0.39 is 0 Å². The molecule has 0 aliphatic heterocycles. The number of nitrogens with zero attached hydrogens (tertiary/aromatic N) is 4. The lowest BCUT2D eigenvalue weighted by molar-refractivity contribution is 0.669. The van der Waals surface area contributed by atoms with Gasteiger partial charge in [-0.2, -0.15) is 9.97 Å². The largest absolute Gasteiger partial charge is 0.456 e. The van der Waals surface area contributed by atoms with Crippen LogP contribution in [-0.2, 0) is 0 Å². The zero-order valence-corrected chi connectivity index (χ0v) is 32.6. The van der Waals surface area contributed by atoms with Gasteiger partial charge in [0, 0.05) is 32.9 Å². The Balaban J connectivity index is 1.39. The van der Waals surface area contributed by atoms with E-state index in [9.17, 15) is 0 Å². The van der Waals surface area contributed by atoms with Crippen LogP contribution in [0.4, 0.5) is 0 Å². The van der Waals surface area contributed by atoms with E-state index in [1.54, 1.807) is 30.3 Å². The predicted octanol–water partition coefficient (Wildman–Crippen LogP) is -11.8. The van der Waals surface area contributed by atoms with Gasteiger partial charge in [-0.25, -0.2) is 4.98 Å². The van der Waals surface area contributed by atoms with E-state index in [1.807, 2.05) is 6.07 Å². The summed E-state index contributed by atoms with van der Waals surface area (Å²) >= 11 is 0. The molecule has 5 nitrogen and oxygen atoms in total. The highest BCUT2D eigenvalue weighted by atomic mass is 16.3. The Bertz CT molecular complexity index is 3390. The quantitative estimate of drug-likeness (QED) is 0.169. The van der Waals surface area contributed by atoms with Gasteiger partial charge in [0.05, 0.1) is 0 Å². The average molecular weight is 741 g/mol. The van der Waals surface area contributed by atoms with Gasteiger partial charge < -0.3 is 4.42 Å². The predicted molar refractivity (Wildman–Crippen MR) is 275 cm³/mol. The molecule has 23 heteroatoms. The lowest BCUT2D eigenvalue weighted by Crippen LogP contribution is -2.55. The highest BCUT2D eigenvalue weighted by Gasteiger charge is 2.26. The summed E-state index contributed by atoms with van der Waals surface area (Å²) in [4.78, 5) is 14.6. The van der Waals surface area contributed by atoms with E-state index in [0.717, 1.165) is 0 Å². The molecule has 0 saturated carbocycles. The van der Waals surface area contributed by atoms with Crippen LogP contribution >= 0.6 is 0 Å². The fourth-order valence-corrected chi connectivity index (χ4v) is 8.02. The zero-order chi connectivity index (χ0) is 44.7. The minimum absolute atomic E-state index is 0.0104. The average Bonchev–Trinajstić information content (AvgIpc) is 3.83. The Morgan fingerprint density at radius 1 is 0.371 bits per heavy atom. The van der Waals surface area contributed by atoms with Crippen LogP contribution in [0, 0.1) is 0 Å². The highest BCUT2D eigenvalue weighted by Crippen LogP contribution is 2.37. The van der Waals surface area contributed by atoms with Crippen molar-refractivity contribution in [2.45, 2.75) is 0 Å². The van der Waals surface area contributed by atoms with Crippen LogP contribution in [-0.4, -0.2) is 161 Å². The summed E-state index contributed by atoms with van der Waals surface area (Å²) in [5.41, 5.74) is 2.86. The minimum atomic E-state index is -0.125. The molecular weight excluding hydrogens is 735 g/mol. The van der Waals surface area contributed by atoms with Crippen LogP contribution in [0.1, 0.15) is 0 Å². The zero-order valence-electron chi connectivity index (χ0n) is 32.6. The molecule has 0 amide bonds. The first-order chi connectivity index (χ1) is 29.3. The smallest absolute Gasteiger partial charge is 0.238 e. The third-order valence-corrected chi connectivity index (χ3v) is 11.4. The number of rotatable bonds is 4. The molecule has 3 heterocycles. The molecule has 0 N–H and O–H groups in total. The van der Waals surface area contributed by atoms with Gasteiger partial charge in [0.1, 0.15) is 152 Å². The van der Waals surface area contributed by atoms with E-state index in [4.69, 9.17) is 161 Å². The molecule has 0 spiro atoms. The van der Waals surface area contributed by atoms with Crippen LogP contribution in [0.2, 0.25) is 0 Å². The molecule has 9 aromatic rings. The minimum Gasteiger partial charge on any atom is -0.456 e. The van der Waals surface area contributed by atoms with Crippen molar-refractivity contribution in [1.82, 2.24) is 19.5 Å². The molecule has 0 unspecified atom stereocenters. The third-order valence-electron chi connectivity index (χ3n) is 11.4. The molecule has 9 rings (SSSR count). The van der Waals surface area contributed by atoms with Gasteiger partial charge in [0.25, 0.3) is 0 Å². The maximum absolute atomic E-state index is 6.73. The molecule has 0 bridgehead atoms. The van der Waals surface area contributed by atoms with Gasteiger partial charge in [-0.15, -0.1) is 54.6 Å². The van der Waals surface area contributed by atoms with E-state index in [2.05, 4.69) is 0 Å². The standard InChI is InChI=1S/C39H6B18N4O/c40-17-13(18(41)24(47)29(52)23(17)46)9-2-1-3-10-12(9)8-5-4-7(6-11(8)62-10)37-58-38(16-21(44)27(50)30(53)28(51)22(16)45)60-39(59-37)61-35-14(19(42)25(48)31(54)33(35)56)15-20(43)26(49)32(55)34(57)36(15)61/h1-6H. The van der Waals surface area contributed by atoms with E-state index in [1.165, 1.54) is 4.57 Å². The molecule has 0 aliphatic carbocycles. The Morgan fingerprint density at radius 3 is 1.32 bits per heavy atom. The fourth-order valence-electron chi connectivity index (χ4n) is 8.02. The van der Waals surface area contributed by atoms with Crippen molar-refractivity contribution in [3.05, 3.63) is 36.4 Å². The summed E-state index contributed by atoms with van der Waals surface area (Å²) in [5.74, 6) is -0.178. The summed E-state index contributed by atoms with van der Waals surface area (Å²) in [5, 5.41) is 1.80. The fraction of sp³-hybridized carbons (Fsp3) is 0. The van der Waals surface area contributed by atoms with E-state index in [-0.39, 0.29) is 143 Å². The molecule has 3 aromatic heterocycles. The van der Waals surface area contributed by atoms with Crippen LogP contribution in [0.15, 0.2) is 40.8 Å². The van der Waals surface area contributed by atoms with Crippen molar-refractivity contribution in [1.29, 1.82) is 0 Å². The molecule has 0 atom stereocenters. The molecule has 0 fully saturated rings. The number of aromatic nitrogens is 4. The van der Waals surface area contributed by atoms with Crippen molar-refractivity contribution in [3.8, 4) is 39.9 Å². The van der Waals surface area contributed by atoms with Gasteiger partial charge >= 0.3 is 0 Å². The number of hydrogen-bond acceptors (Lipinski definition) is 4. The molecule has 6 aromatic carbocycles. The second-order valence-corrected chi connectivity index (χ2v) is 14.8. The SMILES string of the molecule is [B]c1c([B])c([B])c(-c2nc(-c3ccc4c(c3)oc3cccc(-c5c([B])c([B])c([B])c([B])c5[B])c34)nc(-n3c4c([B])c([B])c([B])c([B])c4c4c([B])c([B])c([B])c([B])c43)n2)c([B])c1[B]. The second kappa shape index (κ2) is 14.8. The van der Waals surface area contributed by atoms with Crippen molar-refractivity contribution < 1.29 is 4.42 Å². The Hall–Kier alpha value is -4.90. The van der Waals surface area contributed by atoms with Gasteiger partial charge in [-0.3, -0.25) is 4.57 Å². The molecule has 0 saturated heterocycles. The maximum atomic E-state index is 6.73. The summed E-state index contributed by atoms with van der Waals surface area (Å²) in [6.45, 7) is 0. The van der Waals surface area contributed by atoms with Gasteiger partial charge in [-0.05, 0) is 40.1 Å². The monoisotopic (exact) mass is 744 g/mol. The molecule has 0 aliphatic rings. The Labute approximate surface area is 381 Å². The first-order valence-electron chi connectivity index (χ1n) is 18.3. The number of hydrogen-bond donors (Lipinski definition) is 0. The Morgan fingerprint density at radius 2 is 0.806 bits per heavy atom. The van der Waals surface area contributed by atoms with Crippen molar-refractivity contribution in [2.24, 2.45) is 0 Å².